The van der Waals surface area contributed by atoms with E-state index in [0.29, 0.717) is 11.1 Å². The van der Waals surface area contributed by atoms with E-state index in [-0.39, 0.29) is 6.61 Å². The molecule has 2 aromatic rings. The molecule has 0 radical (unpaired) electrons. The number of aliphatic hydroxyl groups is 1. The lowest BCUT2D eigenvalue weighted by molar-refractivity contribution is 0.283. The highest BCUT2D eigenvalue weighted by Gasteiger charge is 2.44. The lowest BCUT2D eigenvalue weighted by Crippen LogP contribution is -2.63. The summed E-state index contributed by atoms with van der Waals surface area (Å²) in [4.78, 5) is 0. The highest BCUT2D eigenvalue weighted by Crippen LogP contribution is 2.32. The number of rotatable bonds is 5. The molecule has 0 fully saturated rings. The van der Waals surface area contributed by atoms with E-state index in [1.165, 1.54) is 10.4 Å². The van der Waals surface area contributed by atoms with Crippen molar-refractivity contribution in [3.8, 4) is 0 Å². The van der Waals surface area contributed by atoms with Gasteiger partial charge in [-0.25, -0.2) is 0 Å². The van der Waals surface area contributed by atoms with Crippen LogP contribution >= 0.6 is 0 Å². The fourth-order valence-electron chi connectivity index (χ4n) is 3.89. The highest BCUT2D eigenvalue weighted by molar-refractivity contribution is 7.04. The first-order valence-electron chi connectivity index (χ1n) is 7.79. The van der Waals surface area contributed by atoms with Gasteiger partial charge in [0.1, 0.15) is 8.07 Å². The van der Waals surface area contributed by atoms with Crippen LogP contribution in [0, 0.1) is 0 Å². The predicted octanol–water partition coefficient (Wildman–Crippen LogP) is 3.56. The third-order valence-corrected chi connectivity index (χ3v) is 11.0. The van der Waals surface area contributed by atoms with Crippen molar-refractivity contribution < 1.29 is 5.11 Å². The molecular weight excluding hydrogens is 272 g/mol. The Kier molecular flexibility index (Phi) is 5.02. The van der Waals surface area contributed by atoms with E-state index in [1.54, 1.807) is 0 Å². The first kappa shape index (κ1) is 16.0. The van der Waals surface area contributed by atoms with Crippen LogP contribution in [0.15, 0.2) is 54.6 Å². The van der Waals surface area contributed by atoms with Gasteiger partial charge in [-0.15, -0.1) is 0 Å². The minimum atomic E-state index is -1.93. The van der Waals surface area contributed by atoms with E-state index in [4.69, 9.17) is 0 Å². The summed E-state index contributed by atoms with van der Waals surface area (Å²) in [5, 5.41) is 12.7. The lowest BCUT2D eigenvalue weighted by atomic mass is 10.2. The second kappa shape index (κ2) is 6.59. The van der Waals surface area contributed by atoms with Crippen molar-refractivity contribution in [2.75, 3.05) is 0 Å². The van der Waals surface area contributed by atoms with Crippen molar-refractivity contribution >= 4 is 18.4 Å². The average molecular weight is 299 g/mol. The summed E-state index contributed by atoms with van der Waals surface area (Å²) in [6.45, 7) is 9.48. The van der Waals surface area contributed by atoms with Gasteiger partial charge in [-0.05, 0) is 21.8 Å². The molecule has 1 N–H and O–H groups in total. The molecule has 1 nitrogen and oxygen atoms in total. The zero-order valence-electron chi connectivity index (χ0n) is 13.5. The third kappa shape index (κ3) is 2.70. The van der Waals surface area contributed by atoms with E-state index in [0.717, 1.165) is 5.56 Å². The molecule has 21 heavy (non-hydrogen) atoms. The zero-order valence-corrected chi connectivity index (χ0v) is 14.5. The standard InChI is InChI=1S/C19H26OSi/c1-15(2)21(16(3)4,18-11-6-5-7-12-18)19-13-9-8-10-17(19)14-20/h5-13,15-16,20H,14H2,1-4H3. The molecule has 0 heterocycles. The number of hydrogen-bond donors (Lipinski definition) is 1. The van der Waals surface area contributed by atoms with Crippen molar-refractivity contribution in [1.29, 1.82) is 0 Å². The molecule has 0 aromatic heterocycles. The summed E-state index contributed by atoms with van der Waals surface area (Å²) in [6.07, 6.45) is 0. The van der Waals surface area contributed by atoms with E-state index in [9.17, 15) is 5.11 Å². The molecule has 2 aromatic carbocycles. The zero-order chi connectivity index (χ0) is 15.5. The summed E-state index contributed by atoms with van der Waals surface area (Å²) >= 11 is 0. The van der Waals surface area contributed by atoms with Crippen LogP contribution in [0.25, 0.3) is 0 Å². The van der Waals surface area contributed by atoms with Gasteiger partial charge in [-0.2, -0.15) is 0 Å². The molecule has 2 rings (SSSR count). The van der Waals surface area contributed by atoms with Crippen molar-refractivity contribution in [3.05, 3.63) is 60.2 Å². The lowest BCUT2D eigenvalue weighted by Gasteiger charge is -2.41. The summed E-state index contributed by atoms with van der Waals surface area (Å²) in [6, 6.07) is 19.4. The Morgan fingerprint density at radius 1 is 0.810 bits per heavy atom. The third-order valence-electron chi connectivity index (χ3n) is 4.71. The smallest absolute Gasteiger partial charge is 0.123 e. The molecule has 0 spiro atoms. The van der Waals surface area contributed by atoms with Crippen LogP contribution in [0.2, 0.25) is 11.1 Å². The van der Waals surface area contributed by atoms with Crippen molar-refractivity contribution in [2.45, 2.75) is 45.4 Å². The Balaban J connectivity index is 2.78. The van der Waals surface area contributed by atoms with Crippen LogP contribution in [0.4, 0.5) is 0 Å². The van der Waals surface area contributed by atoms with E-state index in [2.05, 4.69) is 76.2 Å². The van der Waals surface area contributed by atoms with Crippen LogP contribution in [-0.4, -0.2) is 13.2 Å². The van der Waals surface area contributed by atoms with Gasteiger partial charge in [0.2, 0.25) is 0 Å². The molecule has 0 aliphatic rings. The molecule has 0 saturated carbocycles. The van der Waals surface area contributed by atoms with E-state index >= 15 is 0 Å². The van der Waals surface area contributed by atoms with Gasteiger partial charge < -0.3 is 5.11 Å². The molecule has 0 atom stereocenters. The Bertz CT molecular complexity index is 567. The van der Waals surface area contributed by atoms with Gasteiger partial charge in [0.05, 0.1) is 6.61 Å². The van der Waals surface area contributed by atoms with Gasteiger partial charge in [0, 0.05) is 0 Å². The van der Waals surface area contributed by atoms with Gasteiger partial charge in [-0.3, -0.25) is 0 Å². The summed E-state index contributed by atoms with van der Waals surface area (Å²) in [5.41, 5.74) is 2.25. The minimum Gasteiger partial charge on any atom is -0.392 e. The SMILES string of the molecule is CC(C)[Si](c1ccccc1)(c1ccccc1CO)C(C)C. The Hall–Kier alpha value is -1.38. The van der Waals surface area contributed by atoms with Crippen LogP contribution in [0.3, 0.4) is 0 Å². The first-order valence-corrected chi connectivity index (χ1v) is 9.95. The van der Waals surface area contributed by atoms with Crippen LogP contribution in [-0.2, 0) is 6.61 Å². The van der Waals surface area contributed by atoms with Crippen molar-refractivity contribution in [3.63, 3.8) is 0 Å². The summed E-state index contributed by atoms with van der Waals surface area (Å²) in [5.74, 6) is 0. The van der Waals surface area contributed by atoms with Crippen LogP contribution < -0.4 is 10.4 Å². The van der Waals surface area contributed by atoms with Crippen molar-refractivity contribution in [2.24, 2.45) is 0 Å². The first-order chi connectivity index (χ1) is 10.0. The number of benzene rings is 2. The Labute approximate surface area is 129 Å². The van der Waals surface area contributed by atoms with E-state index in [1.807, 2.05) is 6.07 Å². The monoisotopic (exact) mass is 298 g/mol. The van der Waals surface area contributed by atoms with Crippen LogP contribution in [0.1, 0.15) is 33.3 Å². The van der Waals surface area contributed by atoms with Crippen LogP contribution in [0.5, 0.6) is 0 Å². The second-order valence-corrected chi connectivity index (χ2v) is 11.5. The van der Waals surface area contributed by atoms with Gasteiger partial charge in [-0.1, -0.05) is 87.5 Å². The molecule has 0 bridgehead atoms. The summed E-state index contributed by atoms with van der Waals surface area (Å²) < 4.78 is 0. The predicted molar refractivity (Wildman–Crippen MR) is 94.0 cm³/mol. The average Bonchev–Trinajstić information content (AvgIpc) is 2.49. The van der Waals surface area contributed by atoms with Crippen molar-refractivity contribution in [1.82, 2.24) is 0 Å². The Morgan fingerprint density at radius 3 is 1.86 bits per heavy atom. The number of aliphatic hydroxyl groups excluding tert-OH is 1. The molecule has 2 heteroatoms. The second-order valence-electron chi connectivity index (χ2n) is 6.36. The summed E-state index contributed by atoms with van der Waals surface area (Å²) in [7, 11) is -1.93. The topological polar surface area (TPSA) is 20.2 Å². The van der Waals surface area contributed by atoms with E-state index < -0.39 is 8.07 Å². The molecule has 0 aliphatic heterocycles. The fraction of sp³-hybridized carbons (Fsp3) is 0.368. The largest absolute Gasteiger partial charge is 0.392 e. The number of hydrogen-bond acceptors (Lipinski definition) is 1. The quantitative estimate of drug-likeness (QED) is 0.837. The maximum atomic E-state index is 9.81. The molecule has 0 aliphatic carbocycles. The fourth-order valence-corrected chi connectivity index (χ4v) is 9.92. The maximum absolute atomic E-state index is 9.81. The molecule has 0 saturated heterocycles. The van der Waals surface area contributed by atoms with Gasteiger partial charge in [0.15, 0.2) is 0 Å². The van der Waals surface area contributed by atoms with Gasteiger partial charge in [0.25, 0.3) is 0 Å². The molecule has 0 amide bonds. The highest BCUT2D eigenvalue weighted by atomic mass is 28.3. The molecule has 0 unspecified atom stereocenters. The molecule has 112 valence electrons. The van der Waals surface area contributed by atoms with Gasteiger partial charge >= 0.3 is 0 Å². The maximum Gasteiger partial charge on any atom is 0.123 e. The minimum absolute atomic E-state index is 0.122. The molecular formula is C19H26OSi. The Morgan fingerprint density at radius 2 is 1.33 bits per heavy atom. The normalized spacial score (nSPS) is 12.1.